The first-order chi connectivity index (χ1) is 9.78. The maximum Gasteiger partial charge on any atom is 0.129 e. The molecule has 1 unspecified atom stereocenters. The second-order valence-corrected chi connectivity index (χ2v) is 5.40. The van der Waals surface area contributed by atoms with E-state index in [0.717, 1.165) is 18.1 Å². The van der Waals surface area contributed by atoms with Gasteiger partial charge < -0.3 is 14.6 Å². The topological polar surface area (TPSA) is 41.3 Å². The largest absolute Gasteiger partial charge is 0.467 e. The third kappa shape index (κ3) is 2.85. The molecule has 0 radical (unpaired) electrons. The smallest absolute Gasteiger partial charge is 0.129 e. The van der Waals surface area contributed by atoms with Crippen molar-refractivity contribution >= 4 is 5.82 Å². The van der Waals surface area contributed by atoms with Crippen LogP contribution in [0, 0.1) is 0 Å². The Kier molecular flexibility index (Phi) is 3.74. The van der Waals surface area contributed by atoms with Crippen LogP contribution in [0.25, 0.3) is 0 Å². The van der Waals surface area contributed by atoms with Crippen LogP contribution in [-0.2, 0) is 6.54 Å². The van der Waals surface area contributed by atoms with Gasteiger partial charge in [0.1, 0.15) is 11.6 Å². The Morgan fingerprint density at radius 1 is 1.45 bits per heavy atom. The summed E-state index contributed by atoms with van der Waals surface area (Å²) in [5, 5.41) is 3.27. The molecule has 106 valence electrons. The van der Waals surface area contributed by atoms with E-state index in [1.807, 2.05) is 25.4 Å². The molecule has 0 aromatic carbocycles. The lowest BCUT2D eigenvalue weighted by Gasteiger charge is -2.23. The van der Waals surface area contributed by atoms with Crippen LogP contribution in [0.3, 0.4) is 0 Å². The summed E-state index contributed by atoms with van der Waals surface area (Å²) in [4.78, 5) is 6.91. The SMILES string of the molecule is CNC(C)c1ccnc(N(Cc2ccco2)C2CC2)c1. The van der Waals surface area contributed by atoms with Gasteiger partial charge in [-0.1, -0.05) is 0 Å². The summed E-state index contributed by atoms with van der Waals surface area (Å²) < 4.78 is 5.48. The molecule has 20 heavy (non-hydrogen) atoms. The molecule has 0 saturated heterocycles. The molecule has 4 nitrogen and oxygen atoms in total. The standard InChI is InChI=1S/C16H21N3O/c1-12(17-2)13-7-8-18-16(10-13)19(14-5-6-14)11-15-4-3-9-20-15/h3-4,7-10,12,14,17H,5-6,11H2,1-2H3. The molecule has 0 bridgehead atoms. The van der Waals surface area contributed by atoms with Crippen molar-refractivity contribution in [3.8, 4) is 0 Å². The zero-order chi connectivity index (χ0) is 13.9. The molecule has 2 aromatic heterocycles. The molecule has 3 rings (SSSR count). The Labute approximate surface area is 119 Å². The van der Waals surface area contributed by atoms with Crippen molar-refractivity contribution in [3.05, 3.63) is 48.0 Å². The zero-order valence-corrected chi connectivity index (χ0v) is 12.0. The third-order valence-corrected chi connectivity index (χ3v) is 3.89. The minimum absolute atomic E-state index is 0.335. The van der Waals surface area contributed by atoms with Gasteiger partial charge in [0.25, 0.3) is 0 Å². The number of rotatable bonds is 6. The number of hydrogen-bond donors (Lipinski definition) is 1. The summed E-state index contributed by atoms with van der Waals surface area (Å²) in [5.74, 6) is 2.04. The number of anilines is 1. The summed E-state index contributed by atoms with van der Waals surface area (Å²) >= 11 is 0. The molecule has 2 aromatic rings. The normalized spacial score (nSPS) is 16.1. The van der Waals surface area contributed by atoms with Crippen LogP contribution >= 0.6 is 0 Å². The van der Waals surface area contributed by atoms with Crippen LogP contribution in [0.15, 0.2) is 41.1 Å². The van der Waals surface area contributed by atoms with Crippen molar-refractivity contribution in [3.63, 3.8) is 0 Å². The Hall–Kier alpha value is -1.81. The van der Waals surface area contributed by atoms with Gasteiger partial charge in [-0.05, 0) is 56.6 Å². The number of hydrogen-bond acceptors (Lipinski definition) is 4. The van der Waals surface area contributed by atoms with E-state index in [9.17, 15) is 0 Å². The summed E-state index contributed by atoms with van der Waals surface area (Å²) in [6.45, 7) is 2.95. The van der Waals surface area contributed by atoms with E-state index < -0.39 is 0 Å². The van der Waals surface area contributed by atoms with Gasteiger partial charge in [0.05, 0.1) is 12.8 Å². The maximum absolute atomic E-state index is 5.48. The summed E-state index contributed by atoms with van der Waals surface area (Å²) in [6.07, 6.45) is 6.12. The fraction of sp³-hybridized carbons (Fsp3) is 0.438. The molecular formula is C16H21N3O. The van der Waals surface area contributed by atoms with Crippen LogP contribution in [0.4, 0.5) is 5.82 Å². The van der Waals surface area contributed by atoms with Gasteiger partial charge in [-0.3, -0.25) is 0 Å². The average molecular weight is 271 g/mol. The minimum Gasteiger partial charge on any atom is -0.467 e. The van der Waals surface area contributed by atoms with Gasteiger partial charge in [-0.15, -0.1) is 0 Å². The Morgan fingerprint density at radius 2 is 2.30 bits per heavy atom. The first-order valence-electron chi connectivity index (χ1n) is 7.20. The first-order valence-corrected chi connectivity index (χ1v) is 7.20. The highest BCUT2D eigenvalue weighted by Crippen LogP contribution is 2.32. The van der Waals surface area contributed by atoms with Crippen molar-refractivity contribution in [2.75, 3.05) is 11.9 Å². The van der Waals surface area contributed by atoms with E-state index >= 15 is 0 Å². The van der Waals surface area contributed by atoms with Crippen LogP contribution in [0.5, 0.6) is 0 Å². The maximum atomic E-state index is 5.48. The van der Waals surface area contributed by atoms with E-state index in [0.29, 0.717) is 12.1 Å². The zero-order valence-electron chi connectivity index (χ0n) is 12.0. The van der Waals surface area contributed by atoms with Crippen molar-refractivity contribution in [1.29, 1.82) is 0 Å². The molecule has 1 fully saturated rings. The van der Waals surface area contributed by atoms with Gasteiger partial charge in [0, 0.05) is 18.3 Å². The molecule has 1 saturated carbocycles. The van der Waals surface area contributed by atoms with Crippen molar-refractivity contribution in [2.45, 2.75) is 38.4 Å². The third-order valence-electron chi connectivity index (χ3n) is 3.89. The van der Waals surface area contributed by atoms with E-state index in [4.69, 9.17) is 4.42 Å². The lowest BCUT2D eigenvalue weighted by molar-refractivity contribution is 0.500. The Balaban J connectivity index is 1.84. The Morgan fingerprint density at radius 3 is 2.95 bits per heavy atom. The number of aromatic nitrogens is 1. The van der Waals surface area contributed by atoms with Crippen LogP contribution in [-0.4, -0.2) is 18.1 Å². The molecule has 1 aliphatic carbocycles. The number of nitrogens with zero attached hydrogens (tertiary/aromatic N) is 2. The second kappa shape index (κ2) is 5.67. The molecular weight excluding hydrogens is 250 g/mol. The highest BCUT2D eigenvalue weighted by molar-refractivity contribution is 5.44. The van der Waals surface area contributed by atoms with Crippen molar-refractivity contribution in [1.82, 2.24) is 10.3 Å². The number of furan rings is 1. The van der Waals surface area contributed by atoms with Gasteiger partial charge in [0.15, 0.2) is 0 Å². The molecule has 1 N–H and O–H groups in total. The minimum atomic E-state index is 0.335. The molecule has 0 aliphatic heterocycles. The van der Waals surface area contributed by atoms with Crippen LogP contribution in [0.2, 0.25) is 0 Å². The predicted octanol–water partition coefficient (Wildman–Crippen LogP) is 3.12. The van der Waals surface area contributed by atoms with Gasteiger partial charge in [-0.25, -0.2) is 4.98 Å². The molecule has 1 atom stereocenters. The van der Waals surface area contributed by atoms with Gasteiger partial charge in [0.2, 0.25) is 0 Å². The van der Waals surface area contributed by atoms with Crippen molar-refractivity contribution < 1.29 is 4.42 Å². The summed E-state index contributed by atoms with van der Waals surface area (Å²) in [6, 6.07) is 9.16. The molecule has 0 spiro atoms. The van der Waals surface area contributed by atoms with E-state index in [-0.39, 0.29) is 0 Å². The quantitative estimate of drug-likeness (QED) is 0.876. The van der Waals surface area contributed by atoms with Gasteiger partial charge >= 0.3 is 0 Å². The number of nitrogens with one attached hydrogen (secondary N) is 1. The van der Waals surface area contributed by atoms with Crippen molar-refractivity contribution in [2.24, 2.45) is 0 Å². The summed E-state index contributed by atoms with van der Waals surface area (Å²) in [5.41, 5.74) is 1.27. The lowest BCUT2D eigenvalue weighted by Crippen LogP contribution is -2.26. The van der Waals surface area contributed by atoms with Crippen LogP contribution < -0.4 is 10.2 Å². The van der Waals surface area contributed by atoms with E-state index in [1.165, 1.54) is 18.4 Å². The predicted molar refractivity (Wildman–Crippen MR) is 79.6 cm³/mol. The highest BCUT2D eigenvalue weighted by Gasteiger charge is 2.30. The summed E-state index contributed by atoms with van der Waals surface area (Å²) in [7, 11) is 1.98. The highest BCUT2D eigenvalue weighted by atomic mass is 16.3. The first kappa shape index (κ1) is 13.2. The number of pyridine rings is 1. The molecule has 1 aliphatic rings. The lowest BCUT2D eigenvalue weighted by atomic mass is 10.1. The molecule has 2 heterocycles. The average Bonchev–Trinajstić information content (AvgIpc) is 3.20. The monoisotopic (exact) mass is 271 g/mol. The van der Waals surface area contributed by atoms with E-state index in [1.54, 1.807) is 6.26 Å². The Bertz CT molecular complexity index is 549. The molecule has 4 heteroatoms. The fourth-order valence-electron chi connectivity index (χ4n) is 2.38. The molecule has 0 amide bonds. The van der Waals surface area contributed by atoms with E-state index in [2.05, 4.69) is 34.3 Å². The van der Waals surface area contributed by atoms with Gasteiger partial charge in [-0.2, -0.15) is 0 Å². The second-order valence-electron chi connectivity index (χ2n) is 5.40. The van der Waals surface area contributed by atoms with Crippen LogP contribution in [0.1, 0.15) is 37.1 Å². The fourth-order valence-corrected chi connectivity index (χ4v) is 2.38.